The largest absolute Gasteiger partial charge is 0.481 e. The summed E-state index contributed by atoms with van der Waals surface area (Å²) in [6.07, 6.45) is 0.910. The third kappa shape index (κ3) is 5.13. The van der Waals surface area contributed by atoms with Crippen LogP contribution in [0.4, 0.5) is 0 Å². The molecule has 72 valence electrons. The maximum atomic E-state index is 10.4. The number of hydrogen-bond acceptors (Lipinski definition) is 2. The second kappa shape index (κ2) is 4.45. The molecule has 1 unspecified atom stereocenters. The van der Waals surface area contributed by atoms with Gasteiger partial charge in [-0.25, -0.2) is 0 Å². The van der Waals surface area contributed by atoms with E-state index in [0.29, 0.717) is 0 Å². The molecule has 3 heteroatoms. The Morgan fingerprint density at radius 2 is 2.00 bits per heavy atom. The quantitative estimate of drug-likeness (QED) is 0.664. The first-order chi connectivity index (χ1) is 5.37. The Morgan fingerprint density at radius 1 is 1.50 bits per heavy atom. The zero-order valence-electron chi connectivity index (χ0n) is 8.00. The molecule has 0 rings (SSSR count). The number of carbonyl (C=O) groups is 1. The summed E-state index contributed by atoms with van der Waals surface area (Å²) in [5.74, 6) is -0.593. The molecule has 0 aromatic heterocycles. The van der Waals surface area contributed by atoms with Crippen molar-refractivity contribution in [2.45, 2.75) is 33.6 Å². The van der Waals surface area contributed by atoms with Gasteiger partial charge in [0, 0.05) is 6.61 Å². The smallest absolute Gasteiger partial charge is 0.303 e. The van der Waals surface area contributed by atoms with E-state index in [2.05, 4.69) is 0 Å². The number of rotatable bonds is 5. The molecule has 0 aromatic carbocycles. The van der Waals surface area contributed by atoms with Crippen LogP contribution in [0, 0.1) is 11.3 Å². The minimum Gasteiger partial charge on any atom is -0.481 e. The second-order valence-electron chi connectivity index (χ2n) is 4.23. The van der Waals surface area contributed by atoms with Gasteiger partial charge in [0.25, 0.3) is 0 Å². The number of aliphatic hydroxyl groups excluding tert-OH is 1. The van der Waals surface area contributed by atoms with E-state index in [0.717, 1.165) is 6.42 Å². The van der Waals surface area contributed by atoms with Gasteiger partial charge in [-0.15, -0.1) is 0 Å². The fraction of sp³-hybridized carbons (Fsp3) is 0.889. The molecule has 0 aliphatic rings. The van der Waals surface area contributed by atoms with Crippen LogP contribution in [0.3, 0.4) is 0 Å². The molecule has 1 atom stereocenters. The van der Waals surface area contributed by atoms with Crippen molar-refractivity contribution in [2.75, 3.05) is 6.61 Å². The number of aliphatic hydroxyl groups is 1. The maximum absolute atomic E-state index is 10.4. The number of carboxylic acid groups (broad SMARTS) is 1. The van der Waals surface area contributed by atoms with Gasteiger partial charge in [0.2, 0.25) is 0 Å². The van der Waals surface area contributed by atoms with Crippen LogP contribution in [0.2, 0.25) is 0 Å². The lowest BCUT2D eigenvalue weighted by Crippen LogP contribution is -2.21. The predicted octanol–water partition coefficient (Wildman–Crippen LogP) is 1.51. The lowest BCUT2D eigenvalue weighted by molar-refractivity contribution is -0.139. The molecule has 2 N–H and O–H groups in total. The van der Waals surface area contributed by atoms with Crippen molar-refractivity contribution in [3.05, 3.63) is 0 Å². The molecule has 0 saturated carbocycles. The highest BCUT2D eigenvalue weighted by molar-refractivity contribution is 5.67. The Kier molecular flexibility index (Phi) is 4.24. The third-order valence-electron chi connectivity index (χ3n) is 1.84. The summed E-state index contributed by atoms with van der Waals surface area (Å²) in [7, 11) is 0. The molecule has 3 nitrogen and oxygen atoms in total. The fourth-order valence-corrected chi connectivity index (χ4v) is 1.49. The zero-order chi connectivity index (χ0) is 9.78. The van der Waals surface area contributed by atoms with Gasteiger partial charge < -0.3 is 10.2 Å². The number of hydrogen-bond donors (Lipinski definition) is 2. The van der Waals surface area contributed by atoms with Gasteiger partial charge in [0.15, 0.2) is 0 Å². The van der Waals surface area contributed by atoms with Crippen LogP contribution < -0.4 is 0 Å². The summed E-state index contributed by atoms with van der Waals surface area (Å²) >= 11 is 0. The third-order valence-corrected chi connectivity index (χ3v) is 1.84. The van der Waals surface area contributed by atoms with E-state index in [4.69, 9.17) is 10.2 Å². The topological polar surface area (TPSA) is 57.5 Å². The van der Waals surface area contributed by atoms with Gasteiger partial charge in [-0.1, -0.05) is 20.8 Å². The molecule has 0 aliphatic carbocycles. The van der Waals surface area contributed by atoms with Crippen molar-refractivity contribution in [1.82, 2.24) is 0 Å². The van der Waals surface area contributed by atoms with Crippen LogP contribution in [0.5, 0.6) is 0 Å². The highest BCUT2D eigenvalue weighted by Crippen LogP contribution is 2.28. The Hall–Kier alpha value is -0.570. The number of carboxylic acids is 1. The Labute approximate surface area is 73.4 Å². The van der Waals surface area contributed by atoms with Crippen molar-refractivity contribution in [3.63, 3.8) is 0 Å². The van der Waals surface area contributed by atoms with Crippen LogP contribution in [-0.4, -0.2) is 22.8 Å². The average molecular weight is 174 g/mol. The molecule has 0 amide bonds. The predicted molar refractivity (Wildman–Crippen MR) is 46.9 cm³/mol. The van der Waals surface area contributed by atoms with Crippen LogP contribution in [-0.2, 0) is 4.79 Å². The summed E-state index contributed by atoms with van der Waals surface area (Å²) in [6, 6.07) is 0. The monoisotopic (exact) mass is 174 g/mol. The van der Waals surface area contributed by atoms with Crippen LogP contribution in [0.15, 0.2) is 0 Å². The molecule has 0 radical (unpaired) electrons. The SMILES string of the molecule is CC(CO)CC(C)(C)CC(=O)O. The van der Waals surface area contributed by atoms with Crippen molar-refractivity contribution in [3.8, 4) is 0 Å². The zero-order valence-corrected chi connectivity index (χ0v) is 8.00. The Balaban J connectivity index is 3.94. The molecular weight excluding hydrogens is 156 g/mol. The summed E-state index contributed by atoms with van der Waals surface area (Å²) in [5.41, 5.74) is -0.214. The first-order valence-electron chi connectivity index (χ1n) is 4.20. The Bertz CT molecular complexity index is 152. The van der Waals surface area contributed by atoms with Crippen molar-refractivity contribution in [2.24, 2.45) is 11.3 Å². The van der Waals surface area contributed by atoms with E-state index >= 15 is 0 Å². The van der Waals surface area contributed by atoms with Crippen LogP contribution in [0.25, 0.3) is 0 Å². The lowest BCUT2D eigenvalue weighted by atomic mass is 9.81. The number of aliphatic carboxylic acids is 1. The van der Waals surface area contributed by atoms with Gasteiger partial charge in [-0.05, 0) is 17.8 Å². The van der Waals surface area contributed by atoms with Crippen LogP contribution in [0.1, 0.15) is 33.6 Å². The average Bonchev–Trinajstić information content (AvgIpc) is 1.83. The van der Waals surface area contributed by atoms with Gasteiger partial charge in [0.1, 0.15) is 0 Å². The van der Waals surface area contributed by atoms with Crippen LogP contribution >= 0.6 is 0 Å². The molecular formula is C9H18O3. The van der Waals surface area contributed by atoms with Gasteiger partial charge in [-0.2, -0.15) is 0 Å². The molecule has 0 saturated heterocycles. The minimum absolute atomic E-state index is 0.128. The van der Waals surface area contributed by atoms with E-state index in [1.165, 1.54) is 0 Å². The van der Waals surface area contributed by atoms with Gasteiger partial charge in [-0.3, -0.25) is 4.79 Å². The van der Waals surface area contributed by atoms with Crippen molar-refractivity contribution in [1.29, 1.82) is 0 Å². The summed E-state index contributed by atoms with van der Waals surface area (Å²) in [5, 5.41) is 17.4. The molecule has 0 aliphatic heterocycles. The summed E-state index contributed by atoms with van der Waals surface area (Å²) < 4.78 is 0. The molecule has 12 heavy (non-hydrogen) atoms. The molecule has 0 spiro atoms. The molecule has 0 fully saturated rings. The first kappa shape index (κ1) is 11.4. The summed E-state index contributed by atoms with van der Waals surface area (Å²) in [6.45, 7) is 5.87. The minimum atomic E-state index is -0.773. The normalized spacial score (nSPS) is 14.3. The highest BCUT2D eigenvalue weighted by atomic mass is 16.4. The molecule has 0 heterocycles. The highest BCUT2D eigenvalue weighted by Gasteiger charge is 2.23. The van der Waals surface area contributed by atoms with E-state index < -0.39 is 5.97 Å². The van der Waals surface area contributed by atoms with Gasteiger partial charge >= 0.3 is 5.97 Å². The first-order valence-corrected chi connectivity index (χ1v) is 4.20. The van der Waals surface area contributed by atoms with E-state index in [1.54, 1.807) is 0 Å². The molecule has 0 bridgehead atoms. The van der Waals surface area contributed by atoms with E-state index in [-0.39, 0.29) is 24.4 Å². The van der Waals surface area contributed by atoms with Gasteiger partial charge in [0.05, 0.1) is 6.42 Å². The van der Waals surface area contributed by atoms with Crippen molar-refractivity contribution >= 4 is 5.97 Å². The maximum Gasteiger partial charge on any atom is 0.303 e. The van der Waals surface area contributed by atoms with E-state index in [1.807, 2.05) is 20.8 Å². The second-order valence-corrected chi connectivity index (χ2v) is 4.23. The Morgan fingerprint density at radius 3 is 2.33 bits per heavy atom. The molecule has 0 aromatic rings. The van der Waals surface area contributed by atoms with Crippen molar-refractivity contribution < 1.29 is 15.0 Å². The lowest BCUT2D eigenvalue weighted by Gasteiger charge is -2.25. The standard InChI is InChI=1S/C9H18O3/c1-7(6-10)4-9(2,3)5-8(11)12/h7,10H,4-6H2,1-3H3,(H,11,12). The fourth-order valence-electron chi connectivity index (χ4n) is 1.49. The summed E-state index contributed by atoms with van der Waals surface area (Å²) in [4.78, 5) is 10.4. The van der Waals surface area contributed by atoms with E-state index in [9.17, 15) is 4.79 Å².